The zero-order chi connectivity index (χ0) is 97.3. The number of fused-ring (bicyclic) bond motifs is 9. The maximum absolute atomic E-state index is 12.1. The van der Waals surface area contributed by atoms with Crippen molar-refractivity contribution >= 4 is 165 Å². The van der Waals surface area contributed by atoms with Gasteiger partial charge in [-0.3, -0.25) is 4.57 Å². The second kappa shape index (κ2) is 51.2. The second-order valence-corrected chi connectivity index (χ2v) is 41.7. The standard InChI is InChI=1S/C28H23N.C23H19Br.C16H15BrO.C15H12Br2.C14H11Br.C14H13N.C11H17O3P.C4H8O/c1-3-7-23(8-4-1)11-13-25-15-19-27(20-16-25)29-28-21-17-26(18-22-28)14-12-24-9-5-2-6-10-24;1-23(2)21-14-17(9-8-16-6-4-3-5-7-16)10-12-19(21)20-13-11-18(24)15-22(20)23;1-16(2)14-8-10(17)4-6-12(14)13-7-5-11(18-3)9-15(13)16;1-15(2)13-7-9(16)3-5-11(13)12-6-4-10(17)8-14(12)15;2*15-14-10-8-13(9-11-14)7-6-12-4-2-1-3-5-12;1-3-13-15(12,14-4-2)10-11-8-6-5-7-9-11;1-2-4-5-3-1/h1-22,29H;3-15H,1-2H3;4-9H,1-3H3;3-8H,1-2H3;1-11H;1-11H,15H2;5-9H,3-4,10H2,1-2H3;1-4H2/b13-11+,14-12+;9-8+;;;2*7-6+;;. The Morgan fingerprint density at radius 2 is 0.551 bits per heavy atom. The van der Waals surface area contributed by atoms with Gasteiger partial charge in [-0.15, -0.1) is 0 Å². The molecular formula is C125H118Br5N2O5P. The van der Waals surface area contributed by atoms with Crippen LogP contribution in [-0.2, 0) is 40.8 Å². The van der Waals surface area contributed by atoms with E-state index in [2.05, 4.69) is 448 Å². The zero-order valence-corrected chi connectivity index (χ0v) is 88.5. The summed E-state index contributed by atoms with van der Waals surface area (Å²) in [7, 11) is -1.23. The molecule has 3 aliphatic carbocycles. The van der Waals surface area contributed by atoms with Crippen molar-refractivity contribution in [1.82, 2.24) is 0 Å². The smallest absolute Gasteiger partial charge is 0.335 e. The van der Waals surface area contributed by atoms with Crippen LogP contribution in [-0.4, -0.2) is 33.5 Å². The largest absolute Gasteiger partial charge is 0.497 e. The van der Waals surface area contributed by atoms with Crippen LogP contribution in [0.2, 0.25) is 0 Å². The van der Waals surface area contributed by atoms with Gasteiger partial charge in [0.1, 0.15) is 5.75 Å². The zero-order valence-electron chi connectivity index (χ0n) is 79.6. The number of nitrogens with one attached hydrogen (secondary N) is 1. The fourth-order valence-corrected chi connectivity index (χ4v) is 20.1. The number of anilines is 3. The lowest BCUT2D eigenvalue weighted by Gasteiger charge is -2.21. The van der Waals surface area contributed by atoms with Crippen molar-refractivity contribution in [3.8, 4) is 39.1 Å². The van der Waals surface area contributed by atoms with E-state index in [1.165, 1.54) is 130 Å². The van der Waals surface area contributed by atoms with Crippen LogP contribution in [0.4, 0.5) is 17.1 Å². The van der Waals surface area contributed by atoms with Crippen molar-refractivity contribution in [2.24, 2.45) is 0 Å². The van der Waals surface area contributed by atoms with Gasteiger partial charge in [-0.1, -0.05) is 461 Å². The Morgan fingerprint density at radius 1 is 0.304 bits per heavy atom. The van der Waals surface area contributed by atoms with Crippen LogP contribution in [0.15, 0.2) is 411 Å². The first kappa shape index (κ1) is 104. The van der Waals surface area contributed by atoms with Gasteiger partial charge in [0.05, 0.1) is 26.5 Å². The van der Waals surface area contributed by atoms with Gasteiger partial charge in [0.25, 0.3) is 0 Å². The highest BCUT2D eigenvalue weighted by Gasteiger charge is 2.38. The summed E-state index contributed by atoms with van der Waals surface area (Å²) >= 11 is 17.7. The van der Waals surface area contributed by atoms with Crippen LogP contribution in [0, 0.1) is 0 Å². The summed E-state index contributed by atoms with van der Waals surface area (Å²) < 4.78 is 38.5. The first-order valence-corrected chi connectivity index (χ1v) is 52.3. The maximum Gasteiger partial charge on any atom is 0.335 e. The number of halogens is 5. The number of benzene rings is 16. The van der Waals surface area contributed by atoms with Crippen LogP contribution >= 0.6 is 87.2 Å². The summed E-state index contributed by atoms with van der Waals surface area (Å²) in [6.45, 7) is 20.2. The van der Waals surface area contributed by atoms with E-state index in [4.69, 9.17) is 24.3 Å². The highest BCUT2D eigenvalue weighted by Crippen LogP contribution is 2.54. The van der Waals surface area contributed by atoms with Crippen LogP contribution in [0.25, 0.3) is 94.1 Å². The van der Waals surface area contributed by atoms with Crippen LogP contribution in [0.3, 0.4) is 0 Å². The van der Waals surface area contributed by atoms with Crippen molar-refractivity contribution in [3.05, 3.63) is 505 Å². The van der Waals surface area contributed by atoms with Gasteiger partial charge in [-0.2, -0.15) is 0 Å². The van der Waals surface area contributed by atoms with Gasteiger partial charge in [-0.05, 0) is 264 Å². The van der Waals surface area contributed by atoms with Gasteiger partial charge in [-0.25, -0.2) is 0 Å². The Kier molecular flexibility index (Phi) is 38.4. The predicted octanol–water partition coefficient (Wildman–Crippen LogP) is 37.3. The van der Waals surface area contributed by atoms with Crippen molar-refractivity contribution in [3.63, 3.8) is 0 Å². The summed E-state index contributed by atoms with van der Waals surface area (Å²) in [5.74, 6) is 0.925. The van der Waals surface area contributed by atoms with Gasteiger partial charge in [0.2, 0.25) is 0 Å². The SMILES string of the molecule is Brc1ccc(/C=C/c2ccccc2)cc1.C(=C\c1ccc(Nc2ccc(/C=C/c3ccccc3)cc2)cc1)/c1ccccc1.C1CCOC1.CC1(C)c2cc(Br)ccc2-c2ccc(/C=C/c3ccccc3)cc21.CC1(C)c2cc(Br)ccc2-c2ccc(Br)cc21.CCOP(=O)(Cc1ccccc1)OCC.COc1ccc2c(c1)C(C)(C)c1cc(Br)ccc1-2.Nc1ccc(/C=C/c2ccccc2)cc1. The first-order chi connectivity index (χ1) is 66.8. The highest BCUT2D eigenvalue weighted by molar-refractivity contribution is 9.11. The minimum atomic E-state index is -2.94. The van der Waals surface area contributed by atoms with Crippen molar-refractivity contribution in [1.29, 1.82) is 0 Å². The number of hydrogen-bond acceptors (Lipinski definition) is 7. The molecule has 20 rings (SSSR count). The molecule has 0 bridgehead atoms. The molecule has 138 heavy (non-hydrogen) atoms. The van der Waals surface area contributed by atoms with E-state index >= 15 is 0 Å². The van der Waals surface area contributed by atoms with E-state index in [9.17, 15) is 4.57 Å². The van der Waals surface area contributed by atoms with Crippen molar-refractivity contribution < 1.29 is 23.1 Å². The Hall–Kier alpha value is -11.9. The average Bonchev–Trinajstić information content (AvgIpc) is 1.60. The molecule has 16 aromatic carbocycles. The number of nitrogen functional groups attached to an aromatic ring is 1. The molecule has 3 N–H and O–H groups in total. The molecule has 4 aliphatic rings. The molecular weight excluding hydrogens is 2040 g/mol. The fourth-order valence-electron chi connectivity index (χ4n) is 16.7. The number of methoxy groups -OCH3 is 1. The monoisotopic (exact) mass is 2150 g/mol. The Labute approximate surface area is 860 Å². The van der Waals surface area contributed by atoms with Gasteiger partial charge < -0.3 is 29.6 Å². The van der Waals surface area contributed by atoms with E-state index in [0.29, 0.717) is 19.4 Å². The van der Waals surface area contributed by atoms with Crippen molar-refractivity contribution in [2.45, 2.75) is 90.6 Å². The molecule has 0 aromatic heterocycles. The Morgan fingerprint density at radius 3 is 0.848 bits per heavy atom. The maximum atomic E-state index is 12.1. The molecule has 0 atom stereocenters. The third kappa shape index (κ3) is 29.8. The van der Waals surface area contributed by atoms with Crippen LogP contribution < -0.4 is 15.8 Å². The quantitative estimate of drug-likeness (QED) is 0.0473. The summed E-state index contributed by atoms with van der Waals surface area (Å²) in [4.78, 5) is 0. The van der Waals surface area contributed by atoms with Crippen LogP contribution in [0.1, 0.15) is 163 Å². The van der Waals surface area contributed by atoms with Gasteiger partial charge in [0, 0.05) is 68.9 Å². The topological polar surface area (TPSA) is 92.0 Å². The van der Waals surface area contributed by atoms with E-state index in [-0.39, 0.29) is 16.2 Å². The minimum Gasteiger partial charge on any atom is -0.497 e. The lowest BCUT2D eigenvalue weighted by Crippen LogP contribution is -2.15. The number of ether oxygens (including phenoxy) is 2. The number of nitrogens with two attached hydrogens (primary N) is 1. The molecule has 1 heterocycles. The van der Waals surface area contributed by atoms with E-state index in [1.807, 2.05) is 141 Å². The third-order valence-corrected chi connectivity index (χ3v) is 28.6. The molecule has 0 saturated carbocycles. The fraction of sp³-hybridized carbons (Fsp3) is 0.152. The molecule has 7 nitrogen and oxygen atoms in total. The predicted molar refractivity (Wildman–Crippen MR) is 608 cm³/mol. The van der Waals surface area contributed by atoms with Crippen LogP contribution in [0.5, 0.6) is 5.75 Å². The average molecular weight is 2160 g/mol. The lowest BCUT2D eigenvalue weighted by atomic mass is 9.82. The second-order valence-electron chi connectivity index (χ2n) is 35.1. The Bertz CT molecular complexity index is 6560. The molecule has 1 fully saturated rings. The Balaban J connectivity index is 0.000000136. The van der Waals surface area contributed by atoms with Gasteiger partial charge in [0.15, 0.2) is 0 Å². The molecule has 0 amide bonds. The normalized spacial score (nSPS) is 13.2. The third-order valence-electron chi connectivity index (χ3n) is 24.1. The summed E-state index contributed by atoms with van der Waals surface area (Å²) in [6.07, 6.45) is 24.2. The molecule has 16 aromatic rings. The van der Waals surface area contributed by atoms with Gasteiger partial charge >= 0.3 is 7.60 Å². The molecule has 1 saturated heterocycles. The molecule has 698 valence electrons. The molecule has 13 heteroatoms. The minimum absolute atomic E-state index is 0.0307. The highest BCUT2D eigenvalue weighted by atomic mass is 79.9. The van der Waals surface area contributed by atoms with E-state index in [1.54, 1.807) is 7.11 Å². The molecule has 0 radical (unpaired) electrons. The summed E-state index contributed by atoms with van der Waals surface area (Å²) in [5.41, 5.74) is 38.2. The summed E-state index contributed by atoms with van der Waals surface area (Å²) in [5, 5.41) is 3.46. The first-order valence-electron chi connectivity index (χ1n) is 46.6. The van der Waals surface area contributed by atoms with E-state index in [0.717, 1.165) is 69.5 Å². The summed E-state index contributed by atoms with van der Waals surface area (Å²) in [6, 6.07) is 134. The molecule has 0 spiro atoms. The number of hydrogen-bond donors (Lipinski definition) is 2. The molecule has 0 unspecified atom stereocenters. The van der Waals surface area contributed by atoms with Crippen molar-refractivity contribution in [2.75, 3.05) is 44.6 Å². The number of rotatable bonds is 19. The molecule has 1 aliphatic heterocycles. The lowest BCUT2D eigenvalue weighted by molar-refractivity contribution is 0.198. The van der Waals surface area contributed by atoms with E-state index < -0.39 is 7.60 Å².